The molecule has 1 amide bonds. The van der Waals surface area contributed by atoms with E-state index in [9.17, 15) is 4.79 Å². The minimum Gasteiger partial charge on any atom is -0.314 e. The summed E-state index contributed by atoms with van der Waals surface area (Å²) in [5.41, 5.74) is 3.52. The number of nitrogens with one attached hydrogen (secondary N) is 1. The summed E-state index contributed by atoms with van der Waals surface area (Å²) in [7, 11) is 0. The number of amides is 1. The van der Waals surface area contributed by atoms with Crippen molar-refractivity contribution in [1.82, 2.24) is 10.2 Å². The predicted octanol–water partition coefficient (Wildman–Crippen LogP) is 2.46. The molecule has 1 fully saturated rings. The van der Waals surface area contributed by atoms with Gasteiger partial charge in [-0.15, -0.1) is 0 Å². The molecule has 1 aromatic carbocycles. The van der Waals surface area contributed by atoms with Gasteiger partial charge in [0.25, 0.3) is 0 Å². The van der Waals surface area contributed by atoms with Crippen molar-refractivity contribution in [3.8, 4) is 0 Å². The molecule has 4 heteroatoms. The topological polar surface area (TPSA) is 35.6 Å². The Morgan fingerprint density at radius 3 is 2.58 bits per heavy atom. The van der Waals surface area contributed by atoms with Gasteiger partial charge in [0.2, 0.25) is 5.91 Å². The van der Waals surface area contributed by atoms with Crippen molar-refractivity contribution in [1.29, 1.82) is 0 Å². The minimum atomic E-state index is -0.322. The third-order valence-electron chi connectivity index (χ3n) is 5.23. The summed E-state index contributed by atoms with van der Waals surface area (Å²) >= 11 is 0. The van der Waals surface area contributed by atoms with E-state index in [-0.39, 0.29) is 11.3 Å². The van der Waals surface area contributed by atoms with E-state index in [2.05, 4.69) is 35.3 Å². The van der Waals surface area contributed by atoms with Gasteiger partial charge in [0, 0.05) is 49.9 Å². The second-order valence-electron chi connectivity index (χ2n) is 8.26. The van der Waals surface area contributed by atoms with Crippen LogP contribution in [0.1, 0.15) is 38.8 Å². The Labute approximate surface area is 146 Å². The molecule has 4 nitrogen and oxygen atoms in total. The van der Waals surface area contributed by atoms with Crippen LogP contribution in [0.4, 0.5) is 5.69 Å². The van der Waals surface area contributed by atoms with Gasteiger partial charge in [-0.2, -0.15) is 0 Å². The monoisotopic (exact) mass is 329 g/mol. The summed E-state index contributed by atoms with van der Waals surface area (Å²) in [4.78, 5) is 17.2. The number of anilines is 1. The van der Waals surface area contributed by atoms with Crippen LogP contribution in [-0.4, -0.2) is 49.6 Å². The third kappa shape index (κ3) is 3.65. The molecule has 3 rings (SSSR count). The maximum Gasteiger partial charge on any atom is 0.232 e. The summed E-state index contributed by atoms with van der Waals surface area (Å²) in [6, 6.07) is 7.26. The van der Waals surface area contributed by atoms with Crippen LogP contribution in [0, 0.1) is 5.41 Å². The standard InChI is InChI=1S/C20H31N3O/c1-15(22-11-8-21-9-12-22)13-16-5-6-18-17(14-16)7-10-23(18)19(24)20(2,3)4/h5-6,14-15,21H,7-13H2,1-4H3. The van der Waals surface area contributed by atoms with Gasteiger partial charge in [-0.25, -0.2) is 0 Å². The highest BCUT2D eigenvalue weighted by molar-refractivity contribution is 5.98. The predicted molar refractivity (Wildman–Crippen MR) is 99.6 cm³/mol. The Kier molecular flexibility index (Phi) is 4.97. The molecule has 1 saturated heterocycles. The number of rotatable bonds is 3. The average molecular weight is 329 g/mol. The molecule has 1 unspecified atom stereocenters. The molecular weight excluding hydrogens is 298 g/mol. The van der Waals surface area contributed by atoms with E-state index < -0.39 is 0 Å². The molecule has 1 aromatic rings. The summed E-state index contributed by atoms with van der Waals surface area (Å²) in [5.74, 6) is 0.225. The number of hydrogen-bond donors (Lipinski definition) is 1. The van der Waals surface area contributed by atoms with Gasteiger partial charge in [0.15, 0.2) is 0 Å². The molecule has 0 spiro atoms. The summed E-state index contributed by atoms with van der Waals surface area (Å²) < 4.78 is 0. The molecule has 2 aliphatic heterocycles. The maximum absolute atomic E-state index is 12.6. The number of carbonyl (C=O) groups is 1. The van der Waals surface area contributed by atoms with Crippen LogP contribution in [0.25, 0.3) is 0 Å². The normalized spacial score (nSPS) is 20.1. The second kappa shape index (κ2) is 6.85. The SMILES string of the molecule is CC(Cc1ccc2c(c1)CCN2C(=O)C(C)(C)C)N1CCNCC1. The van der Waals surface area contributed by atoms with Gasteiger partial charge < -0.3 is 10.2 Å². The van der Waals surface area contributed by atoms with Crippen molar-refractivity contribution in [3.63, 3.8) is 0 Å². The Morgan fingerprint density at radius 2 is 1.92 bits per heavy atom. The molecule has 0 aromatic heterocycles. The van der Waals surface area contributed by atoms with Gasteiger partial charge in [-0.05, 0) is 37.0 Å². The van der Waals surface area contributed by atoms with Gasteiger partial charge in [-0.3, -0.25) is 9.69 Å². The number of carbonyl (C=O) groups excluding carboxylic acids is 1. The van der Waals surface area contributed by atoms with E-state index in [0.717, 1.165) is 51.3 Å². The van der Waals surface area contributed by atoms with E-state index in [4.69, 9.17) is 0 Å². The molecule has 24 heavy (non-hydrogen) atoms. The highest BCUT2D eigenvalue weighted by Gasteiger charge is 2.32. The number of piperazine rings is 1. The van der Waals surface area contributed by atoms with Gasteiger partial charge in [0.05, 0.1) is 0 Å². The lowest BCUT2D eigenvalue weighted by Crippen LogP contribution is -2.48. The first-order valence-electron chi connectivity index (χ1n) is 9.25. The fourth-order valence-corrected chi connectivity index (χ4v) is 3.79. The van der Waals surface area contributed by atoms with Crippen molar-refractivity contribution in [2.24, 2.45) is 5.41 Å². The molecule has 1 atom stereocenters. The number of hydrogen-bond acceptors (Lipinski definition) is 3. The van der Waals surface area contributed by atoms with Crippen LogP contribution in [-0.2, 0) is 17.6 Å². The second-order valence-corrected chi connectivity index (χ2v) is 8.26. The lowest BCUT2D eigenvalue weighted by molar-refractivity contribution is -0.125. The summed E-state index contributed by atoms with van der Waals surface area (Å²) in [6.07, 6.45) is 2.06. The number of nitrogens with zero attached hydrogens (tertiary/aromatic N) is 2. The van der Waals surface area contributed by atoms with Crippen LogP contribution < -0.4 is 10.2 Å². The minimum absolute atomic E-state index is 0.225. The first kappa shape index (κ1) is 17.4. The van der Waals surface area contributed by atoms with Crippen LogP contribution in [0.2, 0.25) is 0 Å². The maximum atomic E-state index is 12.6. The van der Waals surface area contributed by atoms with Crippen molar-refractivity contribution in [2.45, 2.75) is 46.6 Å². The molecule has 132 valence electrons. The summed E-state index contributed by atoms with van der Waals surface area (Å²) in [5, 5.41) is 3.42. The molecule has 0 aliphatic carbocycles. The first-order chi connectivity index (χ1) is 11.4. The average Bonchev–Trinajstić information content (AvgIpc) is 2.97. The Balaban J connectivity index is 1.70. The Bertz CT molecular complexity index is 599. The van der Waals surface area contributed by atoms with E-state index in [0.29, 0.717) is 6.04 Å². The highest BCUT2D eigenvalue weighted by Crippen LogP contribution is 2.32. The highest BCUT2D eigenvalue weighted by atomic mass is 16.2. The van der Waals surface area contributed by atoms with Gasteiger partial charge in [0.1, 0.15) is 0 Å². The molecule has 0 bridgehead atoms. The van der Waals surface area contributed by atoms with Crippen molar-refractivity contribution >= 4 is 11.6 Å². The van der Waals surface area contributed by atoms with Crippen LogP contribution in [0.5, 0.6) is 0 Å². The van der Waals surface area contributed by atoms with Gasteiger partial charge >= 0.3 is 0 Å². The zero-order valence-electron chi connectivity index (χ0n) is 15.6. The number of benzene rings is 1. The van der Waals surface area contributed by atoms with E-state index in [1.165, 1.54) is 11.1 Å². The quantitative estimate of drug-likeness (QED) is 0.925. The smallest absolute Gasteiger partial charge is 0.232 e. The molecule has 0 radical (unpaired) electrons. The molecule has 2 aliphatic rings. The van der Waals surface area contributed by atoms with Gasteiger partial charge in [-0.1, -0.05) is 32.9 Å². The number of fused-ring (bicyclic) bond motifs is 1. The summed E-state index contributed by atoms with van der Waals surface area (Å²) in [6.45, 7) is 13.6. The van der Waals surface area contributed by atoms with E-state index in [1.54, 1.807) is 0 Å². The van der Waals surface area contributed by atoms with Crippen molar-refractivity contribution < 1.29 is 4.79 Å². The van der Waals surface area contributed by atoms with E-state index >= 15 is 0 Å². The van der Waals surface area contributed by atoms with Crippen molar-refractivity contribution in [3.05, 3.63) is 29.3 Å². The Morgan fingerprint density at radius 1 is 1.21 bits per heavy atom. The molecule has 0 saturated carbocycles. The van der Waals surface area contributed by atoms with E-state index in [1.807, 2.05) is 25.7 Å². The van der Waals surface area contributed by atoms with Crippen LogP contribution in [0.15, 0.2) is 18.2 Å². The lowest BCUT2D eigenvalue weighted by Gasteiger charge is -2.33. The fourth-order valence-electron chi connectivity index (χ4n) is 3.79. The fraction of sp³-hybridized carbons (Fsp3) is 0.650. The van der Waals surface area contributed by atoms with Crippen LogP contribution in [0.3, 0.4) is 0 Å². The van der Waals surface area contributed by atoms with Crippen molar-refractivity contribution in [2.75, 3.05) is 37.6 Å². The third-order valence-corrected chi connectivity index (χ3v) is 5.23. The zero-order chi connectivity index (χ0) is 17.3. The zero-order valence-corrected chi connectivity index (χ0v) is 15.6. The molecular formula is C20H31N3O. The first-order valence-corrected chi connectivity index (χ1v) is 9.25. The largest absolute Gasteiger partial charge is 0.314 e. The lowest BCUT2D eigenvalue weighted by atomic mass is 9.94. The molecule has 2 heterocycles. The Hall–Kier alpha value is -1.39. The molecule has 1 N–H and O–H groups in total. The van der Waals surface area contributed by atoms with Crippen LogP contribution >= 0.6 is 0 Å².